The van der Waals surface area contributed by atoms with E-state index in [0.29, 0.717) is 18.4 Å². The monoisotopic (exact) mass is 229 g/mol. The normalized spacial score (nSPS) is 27.2. The average molecular weight is 229 g/mol. The van der Waals surface area contributed by atoms with E-state index in [1.807, 2.05) is 13.8 Å². The van der Waals surface area contributed by atoms with Crippen molar-refractivity contribution in [3.63, 3.8) is 0 Å². The van der Waals surface area contributed by atoms with Gasteiger partial charge >= 0.3 is 5.97 Å². The summed E-state index contributed by atoms with van der Waals surface area (Å²) in [5.41, 5.74) is 0. The van der Waals surface area contributed by atoms with E-state index in [9.17, 15) is 9.90 Å². The van der Waals surface area contributed by atoms with Crippen LogP contribution in [0.15, 0.2) is 0 Å². The fourth-order valence-corrected chi connectivity index (χ4v) is 2.51. The van der Waals surface area contributed by atoms with E-state index in [2.05, 4.69) is 5.32 Å². The fourth-order valence-electron chi connectivity index (χ4n) is 2.51. The number of aliphatic hydroxyl groups is 1. The molecule has 3 N–H and O–H groups in total. The molecule has 0 aromatic rings. The van der Waals surface area contributed by atoms with Crippen molar-refractivity contribution in [2.24, 2.45) is 17.8 Å². The van der Waals surface area contributed by atoms with Crippen molar-refractivity contribution in [3.8, 4) is 0 Å². The number of rotatable bonds is 6. The first kappa shape index (κ1) is 13.5. The predicted octanol–water partition coefficient (Wildman–Crippen LogP) is 1.09. The standard InChI is InChI=1S/C12H23NO3/c1-8(2)11(12(15)16)13-6-9-4-3-5-10(9)7-14/h8-11,13-14H,3-7H2,1-2H3,(H,15,16). The molecule has 3 unspecified atom stereocenters. The molecular weight excluding hydrogens is 206 g/mol. The first-order valence-electron chi connectivity index (χ1n) is 6.13. The highest BCUT2D eigenvalue weighted by molar-refractivity contribution is 5.73. The van der Waals surface area contributed by atoms with Crippen molar-refractivity contribution in [1.82, 2.24) is 5.32 Å². The first-order valence-corrected chi connectivity index (χ1v) is 6.13. The Balaban J connectivity index is 2.39. The third kappa shape index (κ3) is 3.46. The van der Waals surface area contributed by atoms with Crippen LogP contribution in [0.1, 0.15) is 33.1 Å². The molecule has 1 saturated carbocycles. The van der Waals surface area contributed by atoms with E-state index in [1.54, 1.807) is 0 Å². The molecule has 1 aliphatic carbocycles. The number of hydrogen-bond donors (Lipinski definition) is 3. The number of aliphatic carboxylic acids is 1. The highest BCUT2D eigenvalue weighted by Gasteiger charge is 2.28. The number of hydrogen-bond acceptors (Lipinski definition) is 3. The van der Waals surface area contributed by atoms with Crippen LogP contribution in [0.5, 0.6) is 0 Å². The predicted molar refractivity (Wildman–Crippen MR) is 62.2 cm³/mol. The van der Waals surface area contributed by atoms with Gasteiger partial charge in [0.25, 0.3) is 0 Å². The molecule has 3 atom stereocenters. The number of carboxylic acids is 1. The van der Waals surface area contributed by atoms with E-state index < -0.39 is 12.0 Å². The molecule has 1 fully saturated rings. The van der Waals surface area contributed by atoms with Gasteiger partial charge in [0.05, 0.1) is 0 Å². The molecule has 0 bridgehead atoms. The van der Waals surface area contributed by atoms with E-state index in [1.165, 1.54) is 0 Å². The van der Waals surface area contributed by atoms with E-state index in [4.69, 9.17) is 5.11 Å². The highest BCUT2D eigenvalue weighted by atomic mass is 16.4. The van der Waals surface area contributed by atoms with Crippen LogP contribution in [-0.2, 0) is 4.79 Å². The molecule has 0 spiro atoms. The Morgan fingerprint density at radius 2 is 2.00 bits per heavy atom. The quantitative estimate of drug-likeness (QED) is 0.638. The van der Waals surface area contributed by atoms with Crippen molar-refractivity contribution in [2.75, 3.05) is 13.2 Å². The van der Waals surface area contributed by atoms with Gasteiger partial charge in [-0.15, -0.1) is 0 Å². The molecule has 0 aromatic heterocycles. The van der Waals surface area contributed by atoms with Gasteiger partial charge in [0.1, 0.15) is 6.04 Å². The summed E-state index contributed by atoms with van der Waals surface area (Å²) >= 11 is 0. The lowest BCUT2D eigenvalue weighted by molar-refractivity contribution is -0.140. The van der Waals surface area contributed by atoms with Gasteiger partial charge in [0, 0.05) is 6.61 Å². The Morgan fingerprint density at radius 1 is 1.38 bits per heavy atom. The highest BCUT2D eigenvalue weighted by Crippen LogP contribution is 2.30. The number of carbonyl (C=O) groups is 1. The number of aliphatic hydroxyl groups excluding tert-OH is 1. The third-order valence-electron chi connectivity index (χ3n) is 3.58. The minimum absolute atomic E-state index is 0.0893. The summed E-state index contributed by atoms with van der Waals surface area (Å²) in [6.45, 7) is 4.75. The Morgan fingerprint density at radius 3 is 2.50 bits per heavy atom. The molecular formula is C12H23NO3. The Kier molecular flexibility index (Phi) is 5.22. The van der Waals surface area contributed by atoms with Crippen LogP contribution in [0.2, 0.25) is 0 Å². The van der Waals surface area contributed by atoms with Gasteiger partial charge in [0.2, 0.25) is 0 Å². The maximum Gasteiger partial charge on any atom is 0.320 e. The lowest BCUT2D eigenvalue weighted by atomic mass is 9.95. The molecule has 0 heterocycles. The van der Waals surface area contributed by atoms with Crippen LogP contribution in [0, 0.1) is 17.8 Å². The summed E-state index contributed by atoms with van der Waals surface area (Å²) in [5, 5.41) is 21.3. The van der Waals surface area contributed by atoms with Gasteiger partial charge < -0.3 is 15.5 Å². The zero-order valence-corrected chi connectivity index (χ0v) is 10.1. The molecule has 0 radical (unpaired) electrons. The van der Waals surface area contributed by atoms with Crippen LogP contribution >= 0.6 is 0 Å². The number of carboxylic acid groups (broad SMARTS) is 1. The maximum absolute atomic E-state index is 11.0. The molecule has 0 aromatic carbocycles. The first-order chi connectivity index (χ1) is 7.56. The van der Waals surface area contributed by atoms with Gasteiger partial charge in [-0.25, -0.2) is 0 Å². The minimum Gasteiger partial charge on any atom is -0.480 e. The number of nitrogens with one attached hydrogen (secondary N) is 1. The second-order valence-electron chi connectivity index (χ2n) is 5.10. The summed E-state index contributed by atoms with van der Waals surface area (Å²) in [4.78, 5) is 11.0. The summed E-state index contributed by atoms with van der Waals surface area (Å²) in [5.74, 6) is 0.0970. The lowest BCUT2D eigenvalue weighted by Gasteiger charge is -2.23. The van der Waals surface area contributed by atoms with Gasteiger partial charge in [-0.3, -0.25) is 4.79 Å². The molecule has 94 valence electrons. The second kappa shape index (κ2) is 6.21. The van der Waals surface area contributed by atoms with Gasteiger partial charge in [0.15, 0.2) is 0 Å². The van der Waals surface area contributed by atoms with Crippen LogP contribution in [0.3, 0.4) is 0 Å². The Labute approximate surface area is 97.0 Å². The van der Waals surface area contributed by atoms with Crippen molar-refractivity contribution in [2.45, 2.75) is 39.2 Å². The molecule has 4 heteroatoms. The molecule has 1 aliphatic rings. The zero-order valence-electron chi connectivity index (χ0n) is 10.1. The molecule has 0 aliphatic heterocycles. The Bertz CT molecular complexity index is 230. The van der Waals surface area contributed by atoms with Crippen molar-refractivity contribution >= 4 is 5.97 Å². The summed E-state index contributed by atoms with van der Waals surface area (Å²) < 4.78 is 0. The molecule has 1 rings (SSSR count). The summed E-state index contributed by atoms with van der Waals surface area (Å²) in [7, 11) is 0. The van der Waals surface area contributed by atoms with E-state index >= 15 is 0 Å². The van der Waals surface area contributed by atoms with Gasteiger partial charge in [-0.2, -0.15) is 0 Å². The molecule has 16 heavy (non-hydrogen) atoms. The molecule has 0 amide bonds. The van der Waals surface area contributed by atoms with Crippen molar-refractivity contribution in [3.05, 3.63) is 0 Å². The Hall–Kier alpha value is -0.610. The molecule has 0 saturated heterocycles. The van der Waals surface area contributed by atoms with Gasteiger partial charge in [-0.1, -0.05) is 20.3 Å². The fraction of sp³-hybridized carbons (Fsp3) is 0.917. The van der Waals surface area contributed by atoms with Crippen LogP contribution in [0.25, 0.3) is 0 Å². The van der Waals surface area contributed by atoms with Crippen LogP contribution in [0.4, 0.5) is 0 Å². The van der Waals surface area contributed by atoms with Crippen LogP contribution in [-0.4, -0.2) is 35.4 Å². The lowest BCUT2D eigenvalue weighted by Crippen LogP contribution is -2.43. The smallest absolute Gasteiger partial charge is 0.320 e. The molecule has 4 nitrogen and oxygen atoms in total. The average Bonchev–Trinajstić information content (AvgIpc) is 2.64. The zero-order chi connectivity index (χ0) is 12.1. The van der Waals surface area contributed by atoms with E-state index in [-0.39, 0.29) is 12.5 Å². The van der Waals surface area contributed by atoms with E-state index in [0.717, 1.165) is 19.3 Å². The SMILES string of the molecule is CC(C)C(NCC1CCCC1CO)C(=O)O. The topological polar surface area (TPSA) is 69.6 Å². The van der Waals surface area contributed by atoms with Crippen molar-refractivity contribution < 1.29 is 15.0 Å². The summed E-state index contributed by atoms with van der Waals surface area (Å²) in [6, 6.07) is -0.472. The summed E-state index contributed by atoms with van der Waals surface area (Å²) in [6.07, 6.45) is 3.32. The minimum atomic E-state index is -0.784. The van der Waals surface area contributed by atoms with Crippen LogP contribution < -0.4 is 5.32 Å². The largest absolute Gasteiger partial charge is 0.480 e. The third-order valence-corrected chi connectivity index (χ3v) is 3.58. The second-order valence-corrected chi connectivity index (χ2v) is 5.10. The van der Waals surface area contributed by atoms with Crippen molar-refractivity contribution in [1.29, 1.82) is 0 Å². The maximum atomic E-state index is 11.0. The van der Waals surface area contributed by atoms with Gasteiger partial charge in [-0.05, 0) is 37.1 Å².